The van der Waals surface area contributed by atoms with Crippen LogP contribution in [-0.4, -0.2) is 11.9 Å². The van der Waals surface area contributed by atoms with Crippen LogP contribution >= 0.6 is 11.6 Å². The standard InChI is InChI=1S/C16H23ClO2/c1-4-8-13-11-12-9-7-10-14(17)15(12)19-16(5-2,6-3)18-13/h7,9-10,13H,4-6,8,11H2,1-3H3. The van der Waals surface area contributed by atoms with Gasteiger partial charge in [0.1, 0.15) is 5.75 Å². The predicted molar refractivity (Wildman–Crippen MR) is 78.9 cm³/mol. The van der Waals surface area contributed by atoms with Crippen molar-refractivity contribution in [1.29, 1.82) is 0 Å². The van der Waals surface area contributed by atoms with Crippen molar-refractivity contribution in [3.8, 4) is 5.75 Å². The predicted octanol–water partition coefficient (Wildman–Crippen LogP) is 4.98. The molecule has 2 rings (SSSR count). The van der Waals surface area contributed by atoms with Crippen LogP contribution in [0.3, 0.4) is 0 Å². The smallest absolute Gasteiger partial charge is 0.210 e. The number of hydrogen-bond donors (Lipinski definition) is 0. The summed E-state index contributed by atoms with van der Waals surface area (Å²) in [5, 5.41) is 0.685. The van der Waals surface area contributed by atoms with Gasteiger partial charge in [-0.25, -0.2) is 0 Å². The van der Waals surface area contributed by atoms with Crippen LogP contribution < -0.4 is 4.74 Å². The molecule has 1 atom stereocenters. The fourth-order valence-corrected chi connectivity index (χ4v) is 2.91. The molecule has 1 aromatic rings. The van der Waals surface area contributed by atoms with E-state index in [-0.39, 0.29) is 6.10 Å². The summed E-state index contributed by atoms with van der Waals surface area (Å²) in [6, 6.07) is 5.96. The first-order valence-corrected chi connectivity index (χ1v) is 7.66. The van der Waals surface area contributed by atoms with E-state index in [4.69, 9.17) is 21.1 Å². The number of fused-ring (bicyclic) bond motifs is 1. The second-order valence-electron chi connectivity index (χ2n) is 5.18. The Morgan fingerprint density at radius 2 is 2.00 bits per heavy atom. The Bertz CT molecular complexity index is 427. The maximum atomic E-state index is 6.30. The lowest BCUT2D eigenvalue weighted by Gasteiger charge is -2.33. The molecule has 0 spiro atoms. The van der Waals surface area contributed by atoms with Gasteiger partial charge in [-0.3, -0.25) is 0 Å². The molecule has 1 aromatic carbocycles. The van der Waals surface area contributed by atoms with Crippen molar-refractivity contribution in [2.24, 2.45) is 0 Å². The third-order valence-corrected chi connectivity index (χ3v) is 4.15. The van der Waals surface area contributed by atoms with Gasteiger partial charge in [-0.05, 0) is 18.1 Å². The first-order chi connectivity index (χ1) is 9.14. The molecular formula is C16H23ClO2. The van der Waals surface area contributed by atoms with Crippen LogP contribution in [-0.2, 0) is 11.2 Å². The fraction of sp³-hybridized carbons (Fsp3) is 0.625. The summed E-state index contributed by atoms with van der Waals surface area (Å²) in [6.07, 6.45) is 4.92. The summed E-state index contributed by atoms with van der Waals surface area (Å²) in [4.78, 5) is 0. The number of rotatable bonds is 4. The van der Waals surface area contributed by atoms with Crippen LogP contribution in [0.25, 0.3) is 0 Å². The highest BCUT2D eigenvalue weighted by atomic mass is 35.5. The molecule has 0 N–H and O–H groups in total. The number of ether oxygens (including phenoxy) is 2. The van der Waals surface area contributed by atoms with E-state index in [2.05, 4.69) is 26.8 Å². The molecule has 1 heterocycles. The van der Waals surface area contributed by atoms with Crippen LogP contribution in [0.15, 0.2) is 18.2 Å². The van der Waals surface area contributed by atoms with Crippen molar-refractivity contribution in [2.75, 3.05) is 0 Å². The Kier molecular flexibility index (Phi) is 4.75. The van der Waals surface area contributed by atoms with E-state index in [1.165, 1.54) is 0 Å². The summed E-state index contributed by atoms with van der Waals surface area (Å²) >= 11 is 6.30. The molecule has 19 heavy (non-hydrogen) atoms. The van der Waals surface area contributed by atoms with Crippen LogP contribution in [0.2, 0.25) is 5.02 Å². The van der Waals surface area contributed by atoms with Gasteiger partial charge in [-0.2, -0.15) is 0 Å². The molecule has 0 aromatic heterocycles. The largest absolute Gasteiger partial charge is 0.461 e. The monoisotopic (exact) mass is 282 g/mol. The molecule has 1 aliphatic rings. The molecule has 0 bridgehead atoms. The van der Waals surface area contributed by atoms with Gasteiger partial charge in [0, 0.05) is 19.3 Å². The minimum absolute atomic E-state index is 0.213. The van der Waals surface area contributed by atoms with Gasteiger partial charge < -0.3 is 9.47 Å². The molecule has 0 saturated heterocycles. The Morgan fingerprint density at radius 3 is 2.63 bits per heavy atom. The van der Waals surface area contributed by atoms with Crippen molar-refractivity contribution in [3.05, 3.63) is 28.8 Å². The summed E-state index contributed by atoms with van der Waals surface area (Å²) in [5.41, 5.74) is 1.16. The molecular weight excluding hydrogens is 260 g/mol. The molecule has 2 nitrogen and oxygen atoms in total. The second kappa shape index (κ2) is 6.15. The molecule has 3 heteroatoms. The minimum Gasteiger partial charge on any atom is -0.461 e. The Labute approximate surface area is 121 Å². The zero-order valence-corrected chi connectivity index (χ0v) is 12.8. The summed E-state index contributed by atoms with van der Waals surface area (Å²) in [6.45, 7) is 6.40. The van der Waals surface area contributed by atoms with Crippen molar-refractivity contribution in [2.45, 2.75) is 64.8 Å². The maximum absolute atomic E-state index is 6.30. The fourth-order valence-electron chi connectivity index (χ4n) is 2.67. The Morgan fingerprint density at radius 1 is 1.26 bits per heavy atom. The summed E-state index contributed by atoms with van der Waals surface area (Å²) in [7, 11) is 0. The normalized spacial score (nSPS) is 21.4. The highest BCUT2D eigenvalue weighted by Crippen LogP contribution is 2.39. The van der Waals surface area contributed by atoms with Gasteiger partial charge in [0.05, 0.1) is 11.1 Å². The van der Waals surface area contributed by atoms with Crippen molar-refractivity contribution < 1.29 is 9.47 Å². The van der Waals surface area contributed by atoms with E-state index in [1.807, 2.05) is 12.1 Å². The first-order valence-electron chi connectivity index (χ1n) is 7.28. The van der Waals surface area contributed by atoms with Gasteiger partial charge >= 0.3 is 0 Å². The van der Waals surface area contributed by atoms with Crippen LogP contribution in [0.5, 0.6) is 5.75 Å². The SMILES string of the molecule is CCCC1Cc2cccc(Cl)c2OC(CC)(CC)O1. The van der Waals surface area contributed by atoms with Crippen molar-refractivity contribution in [3.63, 3.8) is 0 Å². The van der Waals surface area contributed by atoms with Gasteiger partial charge in [0.25, 0.3) is 0 Å². The molecule has 0 saturated carbocycles. The molecule has 0 radical (unpaired) electrons. The van der Waals surface area contributed by atoms with Crippen LogP contribution in [0.4, 0.5) is 0 Å². The lowest BCUT2D eigenvalue weighted by Crippen LogP contribution is -2.40. The second-order valence-corrected chi connectivity index (χ2v) is 5.59. The Hall–Kier alpha value is -0.730. The van der Waals surface area contributed by atoms with E-state index in [1.54, 1.807) is 0 Å². The molecule has 0 fully saturated rings. The molecule has 0 aliphatic carbocycles. The van der Waals surface area contributed by atoms with Gasteiger partial charge in [0.2, 0.25) is 5.79 Å². The van der Waals surface area contributed by atoms with E-state index in [0.717, 1.165) is 43.4 Å². The number of benzene rings is 1. The van der Waals surface area contributed by atoms with Gasteiger partial charge in [-0.1, -0.05) is 50.9 Å². The van der Waals surface area contributed by atoms with Crippen molar-refractivity contribution in [1.82, 2.24) is 0 Å². The van der Waals surface area contributed by atoms with E-state index >= 15 is 0 Å². The zero-order chi connectivity index (χ0) is 13.9. The van der Waals surface area contributed by atoms with E-state index < -0.39 is 5.79 Å². The maximum Gasteiger partial charge on any atom is 0.210 e. The molecule has 106 valence electrons. The topological polar surface area (TPSA) is 18.5 Å². The third-order valence-electron chi connectivity index (χ3n) is 3.85. The van der Waals surface area contributed by atoms with Crippen LogP contribution in [0, 0.1) is 0 Å². The van der Waals surface area contributed by atoms with Gasteiger partial charge in [-0.15, -0.1) is 0 Å². The minimum atomic E-state index is -0.532. The first kappa shape index (κ1) is 14.7. The lowest BCUT2D eigenvalue weighted by molar-refractivity contribution is -0.210. The van der Waals surface area contributed by atoms with E-state index in [9.17, 15) is 0 Å². The third kappa shape index (κ3) is 3.06. The van der Waals surface area contributed by atoms with Crippen molar-refractivity contribution >= 4 is 11.6 Å². The molecule has 1 unspecified atom stereocenters. The Balaban J connectivity index is 2.40. The number of para-hydroxylation sites is 1. The molecule has 0 amide bonds. The number of halogens is 1. The summed E-state index contributed by atoms with van der Waals surface area (Å²) in [5.74, 6) is 0.280. The van der Waals surface area contributed by atoms with E-state index in [0.29, 0.717) is 5.02 Å². The highest BCUT2D eigenvalue weighted by molar-refractivity contribution is 6.32. The summed E-state index contributed by atoms with van der Waals surface area (Å²) < 4.78 is 12.5. The average Bonchev–Trinajstić information content (AvgIpc) is 2.57. The number of hydrogen-bond acceptors (Lipinski definition) is 2. The quantitative estimate of drug-likeness (QED) is 0.776. The van der Waals surface area contributed by atoms with Gasteiger partial charge in [0.15, 0.2) is 0 Å². The zero-order valence-electron chi connectivity index (χ0n) is 12.0. The lowest BCUT2D eigenvalue weighted by atomic mass is 10.0. The van der Waals surface area contributed by atoms with Crippen LogP contribution in [0.1, 0.15) is 52.0 Å². The molecule has 1 aliphatic heterocycles. The highest BCUT2D eigenvalue weighted by Gasteiger charge is 2.37. The average molecular weight is 283 g/mol.